The molecule has 2 unspecified atom stereocenters. The van der Waals surface area contributed by atoms with Crippen LogP contribution in [-0.2, 0) is 25.8 Å². The molecule has 3 rings (SSSR count). The third-order valence-corrected chi connectivity index (χ3v) is 7.72. The van der Waals surface area contributed by atoms with E-state index in [2.05, 4.69) is 16.8 Å². The largest absolute Gasteiger partial charge is 0.493 e. The summed E-state index contributed by atoms with van der Waals surface area (Å²) in [4.78, 5) is 14.1. The molecule has 2 aliphatic rings. The number of aliphatic hydroxyl groups is 1. The number of hydrogen-bond donors (Lipinski definition) is 2. The summed E-state index contributed by atoms with van der Waals surface area (Å²) in [5.74, 6) is -0.0929. The Morgan fingerprint density at radius 3 is 2.74 bits per heavy atom. The van der Waals surface area contributed by atoms with Gasteiger partial charge in [-0.2, -0.15) is 0 Å². The minimum Gasteiger partial charge on any atom is -0.493 e. The van der Waals surface area contributed by atoms with E-state index >= 15 is 0 Å². The van der Waals surface area contributed by atoms with Crippen molar-refractivity contribution in [1.29, 1.82) is 0 Å². The molecule has 1 aromatic rings. The molecule has 2 N–H and O–H groups in total. The minimum absolute atomic E-state index is 0.168. The van der Waals surface area contributed by atoms with Gasteiger partial charge in [0.05, 0.1) is 32.5 Å². The van der Waals surface area contributed by atoms with Crippen LogP contribution in [0.15, 0.2) is 30.2 Å². The standard InChI is InChI=1S/C25H38N2O7S/c1-3-35(30,31)18-25(29)26-12-15-34-23-9-8-19(16-24(23)32-2)11-14-33-22-7-5-4-6-21(22)27-13-10-20(28)17-27/h3,8-9,16,20-22,28H,1,4-7,10-15,17-18H2,2H3,(H,26,29)/t20-,21?,22?/m1/s1. The molecular formula is C25H38N2O7S. The van der Waals surface area contributed by atoms with Gasteiger partial charge >= 0.3 is 0 Å². The molecule has 10 heteroatoms. The number of β-amino-alcohol motifs (C(OH)–C–C–N with tert-alkyl or cyclic N) is 1. The fourth-order valence-electron chi connectivity index (χ4n) is 4.72. The number of methoxy groups -OCH3 is 1. The van der Waals surface area contributed by atoms with Crippen molar-refractivity contribution >= 4 is 15.7 Å². The molecule has 1 aromatic carbocycles. The second-order valence-corrected chi connectivity index (χ2v) is 11.1. The van der Waals surface area contributed by atoms with Gasteiger partial charge < -0.3 is 24.6 Å². The first-order valence-corrected chi connectivity index (χ1v) is 14.0. The number of ether oxygens (including phenoxy) is 3. The van der Waals surface area contributed by atoms with E-state index in [0.29, 0.717) is 24.1 Å². The number of sulfone groups is 1. The van der Waals surface area contributed by atoms with Gasteiger partial charge in [-0.25, -0.2) is 8.42 Å². The number of hydrogen-bond acceptors (Lipinski definition) is 8. The lowest BCUT2D eigenvalue weighted by atomic mass is 9.91. The number of carbonyl (C=O) groups is 1. The molecule has 3 atom stereocenters. The van der Waals surface area contributed by atoms with Crippen LogP contribution in [0.25, 0.3) is 0 Å². The quantitative estimate of drug-likeness (QED) is 0.386. The van der Waals surface area contributed by atoms with Gasteiger partial charge in [0.15, 0.2) is 21.3 Å². The van der Waals surface area contributed by atoms with Crippen molar-refractivity contribution in [2.24, 2.45) is 0 Å². The van der Waals surface area contributed by atoms with Gasteiger partial charge in [0.25, 0.3) is 0 Å². The molecule has 1 saturated heterocycles. The van der Waals surface area contributed by atoms with Crippen LogP contribution < -0.4 is 14.8 Å². The minimum atomic E-state index is -3.58. The summed E-state index contributed by atoms with van der Waals surface area (Å²) < 4.78 is 40.2. The van der Waals surface area contributed by atoms with Crippen LogP contribution in [0.3, 0.4) is 0 Å². The Morgan fingerprint density at radius 1 is 1.23 bits per heavy atom. The van der Waals surface area contributed by atoms with E-state index in [1.54, 1.807) is 7.11 Å². The van der Waals surface area contributed by atoms with Crippen molar-refractivity contribution in [2.75, 3.05) is 45.7 Å². The molecule has 0 radical (unpaired) electrons. The van der Waals surface area contributed by atoms with Gasteiger partial charge in [-0.3, -0.25) is 9.69 Å². The number of likely N-dealkylation sites (tertiary alicyclic amines) is 1. The zero-order valence-corrected chi connectivity index (χ0v) is 21.3. The van der Waals surface area contributed by atoms with Crippen molar-refractivity contribution < 1.29 is 32.5 Å². The Balaban J connectivity index is 1.44. The zero-order valence-electron chi connectivity index (χ0n) is 20.5. The third kappa shape index (κ3) is 8.49. The first-order chi connectivity index (χ1) is 16.8. The Morgan fingerprint density at radius 2 is 2.03 bits per heavy atom. The third-order valence-electron chi connectivity index (χ3n) is 6.55. The molecule has 1 aliphatic carbocycles. The molecule has 0 bridgehead atoms. The van der Waals surface area contributed by atoms with Gasteiger partial charge in [-0.1, -0.05) is 25.5 Å². The number of nitrogens with zero attached hydrogens (tertiary/aromatic N) is 1. The van der Waals surface area contributed by atoms with E-state index < -0.39 is 21.5 Å². The molecular weight excluding hydrogens is 472 g/mol. The average molecular weight is 511 g/mol. The highest BCUT2D eigenvalue weighted by molar-refractivity contribution is 7.94. The van der Waals surface area contributed by atoms with Crippen LogP contribution in [-0.4, -0.2) is 88.3 Å². The summed E-state index contributed by atoms with van der Waals surface area (Å²) in [5, 5.41) is 13.2. The Bertz CT molecular complexity index is 953. The first kappa shape index (κ1) is 27.4. The van der Waals surface area contributed by atoms with E-state index in [9.17, 15) is 18.3 Å². The SMILES string of the molecule is C=CS(=O)(=O)CC(=O)NCCOc1ccc(CCOC2CCCCC2N2CC[C@@H](O)C2)cc1OC. The second kappa shape index (κ2) is 13.2. The smallest absolute Gasteiger partial charge is 0.235 e. The Kier molecular flexibility index (Phi) is 10.4. The molecule has 1 saturated carbocycles. The zero-order chi connectivity index (χ0) is 25.3. The van der Waals surface area contributed by atoms with E-state index in [1.807, 2.05) is 18.2 Å². The number of carbonyl (C=O) groups excluding carboxylic acids is 1. The summed E-state index contributed by atoms with van der Waals surface area (Å²) in [6.45, 7) is 5.84. The molecule has 2 fully saturated rings. The fourth-order valence-corrected chi connectivity index (χ4v) is 5.30. The van der Waals surface area contributed by atoms with Gasteiger partial charge in [-0.15, -0.1) is 0 Å². The lowest BCUT2D eigenvalue weighted by Gasteiger charge is -2.37. The second-order valence-electron chi connectivity index (χ2n) is 9.11. The van der Waals surface area contributed by atoms with E-state index in [0.717, 1.165) is 49.7 Å². The van der Waals surface area contributed by atoms with E-state index in [1.165, 1.54) is 12.8 Å². The maximum Gasteiger partial charge on any atom is 0.235 e. The normalized spacial score (nSPS) is 23.1. The van der Waals surface area contributed by atoms with Crippen molar-refractivity contribution in [1.82, 2.24) is 10.2 Å². The Labute approximate surface area is 208 Å². The van der Waals surface area contributed by atoms with Crippen LogP contribution in [0.1, 0.15) is 37.7 Å². The molecule has 0 aromatic heterocycles. The first-order valence-electron chi connectivity index (χ1n) is 12.3. The monoisotopic (exact) mass is 510 g/mol. The highest BCUT2D eigenvalue weighted by Crippen LogP contribution is 2.30. The predicted molar refractivity (Wildman–Crippen MR) is 133 cm³/mol. The number of nitrogens with one attached hydrogen (secondary N) is 1. The summed E-state index contributed by atoms with van der Waals surface area (Å²) in [7, 11) is -2.01. The number of rotatable bonds is 13. The summed E-state index contributed by atoms with van der Waals surface area (Å²) in [5.41, 5.74) is 1.07. The fraction of sp³-hybridized carbons (Fsp3) is 0.640. The van der Waals surface area contributed by atoms with Crippen LogP contribution in [0, 0.1) is 0 Å². The van der Waals surface area contributed by atoms with E-state index in [-0.39, 0.29) is 25.4 Å². The molecule has 1 amide bonds. The van der Waals surface area contributed by atoms with Crippen LogP contribution in [0.2, 0.25) is 0 Å². The highest BCUT2D eigenvalue weighted by atomic mass is 32.2. The molecule has 9 nitrogen and oxygen atoms in total. The van der Waals surface area contributed by atoms with Crippen LogP contribution in [0.4, 0.5) is 0 Å². The highest BCUT2D eigenvalue weighted by Gasteiger charge is 2.34. The van der Waals surface area contributed by atoms with Crippen molar-refractivity contribution in [3.05, 3.63) is 35.7 Å². The topological polar surface area (TPSA) is 114 Å². The molecule has 1 heterocycles. The van der Waals surface area contributed by atoms with Gasteiger partial charge in [0, 0.05) is 24.5 Å². The van der Waals surface area contributed by atoms with Gasteiger partial charge in [0.1, 0.15) is 12.4 Å². The molecule has 1 aliphatic heterocycles. The van der Waals surface area contributed by atoms with Gasteiger partial charge in [0.2, 0.25) is 5.91 Å². The number of amides is 1. The Hall–Kier alpha value is -2.14. The number of aliphatic hydroxyl groups excluding tert-OH is 1. The lowest BCUT2D eigenvalue weighted by Crippen LogP contribution is -2.46. The van der Waals surface area contributed by atoms with Crippen molar-refractivity contribution in [2.45, 2.75) is 56.8 Å². The van der Waals surface area contributed by atoms with Crippen LogP contribution >= 0.6 is 0 Å². The number of benzene rings is 1. The summed E-state index contributed by atoms with van der Waals surface area (Å²) in [6, 6.07) is 6.10. The van der Waals surface area contributed by atoms with Crippen LogP contribution in [0.5, 0.6) is 11.5 Å². The predicted octanol–water partition coefficient (Wildman–Crippen LogP) is 1.69. The maximum atomic E-state index is 11.7. The van der Waals surface area contributed by atoms with E-state index in [4.69, 9.17) is 14.2 Å². The van der Waals surface area contributed by atoms with Gasteiger partial charge in [-0.05, 0) is 43.4 Å². The summed E-state index contributed by atoms with van der Waals surface area (Å²) in [6.07, 6.45) is 6.17. The van der Waals surface area contributed by atoms with Crippen molar-refractivity contribution in [3.63, 3.8) is 0 Å². The molecule has 0 spiro atoms. The summed E-state index contributed by atoms with van der Waals surface area (Å²) >= 11 is 0. The van der Waals surface area contributed by atoms with Crippen molar-refractivity contribution in [3.8, 4) is 11.5 Å². The molecule has 196 valence electrons. The maximum absolute atomic E-state index is 11.7. The molecule has 35 heavy (non-hydrogen) atoms. The lowest BCUT2D eigenvalue weighted by molar-refractivity contribution is -0.118. The average Bonchev–Trinajstić information content (AvgIpc) is 3.28.